The molecule has 0 bridgehead atoms. The largest absolute Gasteiger partial charge is 0.465 e. The first-order valence-electron chi connectivity index (χ1n) is 8.96. The fraction of sp³-hybridized carbons (Fsp3) is 0.400. The predicted octanol–water partition coefficient (Wildman–Crippen LogP) is 3.95. The van der Waals surface area contributed by atoms with Crippen molar-refractivity contribution in [2.45, 2.75) is 31.7 Å². The summed E-state index contributed by atoms with van der Waals surface area (Å²) in [7, 11) is 1.38. The molecule has 0 saturated heterocycles. The Morgan fingerprint density at radius 3 is 2.70 bits per heavy atom. The summed E-state index contributed by atoms with van der Waals surface area (Å²) in [6, 6.07) is 8.08. The normalized spacial score (nSPS) is 13.9. The monoisotopic (exact) mass is 404 g/mol. The zero-order chi connectivity index (χ0) is 19.4. The van der Waals surface area contributed by atoms with E-state index in [1.807, 2.05) is 31.2 Å². The number of amides is 1. The summed E-state index contributed by atoms with van der Waals surface area (Å²) in [5.41, 5.74) is 2.75. The second kappa shape index (κ2) is 8.91. The number of anilines is 1. The van der Waals surface area contributed by atoms with Gasteiger partial charge in [-0.3, -0.25) is 9.69 Å². The Balaban J connectivity index is 1.73. The van der Waals surface area contributed by atoms with E-state index >= 15 is 0 Å². The number of hydrogen-bond acceptors (Lipinski definition) is 6. The van der Waals surface area contributed by atoms with Crippen molar-refractivity contribution in [2.24, 2.45) is 0 Å². The van der Waals surface area contributed by atoms with E-state index < -0.39 is 0 Å². The lowest BCUT2D eigenvalue weighted by atomic mass is 10.0. The molecule has 0 saturated carbocycles. The summed E-state index contributed by atoms with van der Waals surface area (Å²) in [6.45, 7) is 6.87. The van der Waals surface area contributed by atoms with Crippen LogP contribution in [0.4, 0.5) is 5.00 Å². The molecule has 0 fully saturated rings. The average Bonchev–Trinajstić information content (AvgIpc) is 3.03. The molecule has 7 heteroatoms. The second-order valence-corrected chi connectivity index (χ2v) is 8.62. The van der Waals surface area contributed by atoms with Crippen LogP contribution in [0.1, 0.15) is 33.3 Å². The van der Waals surface area contributed by atoms with Crippen LogP contribution in [0.25, 0.3) is 0 Å². The summed E-state index contributed by atoms with van der Waals surface area (Å²) in [6.07, 6.45) is 0.804. The van der Waals surface area contributed by atoms with Crippen LogP contribution in [0.15, 0.2) is 29.2 Å². The minimum Gasteiger partial charge on any atom is -0.465 e. The number of carbonyl (C=O) groups excluding carboxylic acids is 2. The number of carbonyl (C=O) groups is 2. The summed E-state index contributed by atoms with van der Waals surface area (Å²) in [5.74, 6) is -0.191. The van der Waals surface area contributed by atoms with Gasteiger partial charge in [-0.1, -0.05) is 24.6 Å². The molecule has 1 aliphatic rings. The molecule has 144 valence electrons. The molecule has 1 amide bonds. The maximum atomic E-state index is 12.5. The number of esters is 1. The number of hydrogen-bond donors (Lipinski definition) is 1. The third kappa shape index (κ3) is 4.72. The number of methoxy groups -OCH3 is 1. The van der Waals surface area contributed by atoms with Crippen molar-refractivity contribution in [1.82, 2.24) is 4.90 Å². The maximum absolute atomic E-state index is 12.5. The van der Waals surface area contributed by atoms with Gasteiger partial charge in [0.1, 0.15) is 5.00 Å². The Labute approximate surface area is 168 Å². The number of benzene rings is 1. The van der Waals surface area contributed by atoms with Crippen LogP contribution in [0.2, 0.25) is 0 Å². The van der Waals surface area contributed by atoms with Gasteiger partial charge in [-0.05, 0) is 37.6 Å². The molecule has 0 radical (unpaired) electrons. The summed E-state index contributed by atoms with van der Waals surface area (Å²) < 4.78 is 4.97. The van der Waals surface area contributed by atoms with Crippen LogP contribution in [-0.2, 0) is 22.5 Å². The molecule has 5 nitrogen and oxygen atoms in total. The Morgan fingerprint density at radius 1 is 1.30 bits per heavy atom. The third-order valence-corrected chi connectivity index (χ3v) is 6.76. The van der Waals surface area contributed by atoms with E-state index in [-0.39, 0.29) is 11.9 Å². The molecule has 1 aromatic heterocycles. The highest BCUT2D eigenvalue weighted by Gasteiger charge is 2.28. The highest BCUT2D eigenvalue weighted by molar-refractivity contribution is 8.00. The van der Waals surface area contributed by atoms with Crippen molar-refractivity contribution < 1.29 is 14.3 Å². The van der Waals surface area contributed by atoms with E-state index in [1.54, 1.807) is 0 Å². The molecule has 27 heavy (non-hydrogen) atoms. The van der Waals surface area contributed by atoms with E-state index in [4.69, 9.17) is 4.74 Å². The summed E-state index contributed by atoms with van der Waals surface area (Å²) >= 11 is 2.98. The second-order valence-electron chi connectivity index (χ2n) is 6.47. The molecule has 1 N–H and O–H groups in total. The van der Waals surface area contributed by atoms with Gasteiger partial charge in [-0.25, -0.2) is 4.79 Å². The van der Waals surface area contributed by atoms with Crippen molar-refractivity contribution in [3.8, 4) is 0 Å². The highest BCUT2D eigenvalue weighted by atomic mass is 32.2. The van der Waals surface area contributed by atoms with Crippen molar-refractivity contribution in [3.63, 3.8) is 0 Å². The number of nitrogens with one attached hydrogen (secondary N) is 1. The molecule has 0 atom stereocenters. The Morgan fingerprint density at radius 2 is 2.04 bits per heavy atom. The van der Waals surface area contributed by atoms with Crippen molar-refractivity contribution in [3.05, 3.63) is 45.8 Å². The summed E-state index contributed by atoms with van der Waals surface area (Å²) in [4.78, 5) is 29.3. The van der Waals surface area contributed by atoms with E-state index in [2.05, 4.69) is 17.1 Å². The summed E-state index contributed by atoms with van der Waals surface area (Å²) in [5, 5.41) is 3.55. The van der Waals surface area contributed by atoms with Gasteiger partial charge < -0.3 is 10.1 Å². The first-order chi connectivity index (χ1) is 13.0. The fourth-order valence-corrected chi connectivity index (χ4v) is 5.07. The topological polar surface area (TPSA) is 58.6 Å². The van der Waals surface area contributed by atoms with Gasteiger partial charge >= 0.3 is 5.97 Å². The lowest BCUT2D eigenvalue weighted by Gasteiger charge is -2.25. The van der Waals surface area contributed by atoms with Gasteiger partial charge in [0.2, 0.25) is 5.91 Å². The lowest BCUT2D eigenvalue weighted by molar-refractivity contribution is -0.113. The zero-order valence-electron chi connectivity index (χ0n) is 15.8. The number of rotatable bonds is 6. The number of ether oxygens (including phenoxy) is 1. The SMILES string of the molecule is CCN1CCc2c(sc(NC(=O)CSc3ccc(C)cc3)c2C(=O)OC)C1. The Bertz CT molecular complexity index is 830. The minimum atomic E-state index is -0.376. The van der Waals surface area contributed by atoms with E-state index in [0.717, 1.165) is 41.4 Å². The maximum Gasteiger partial charge on any atom is 0.341 e. The highest BCUT2D eigenvalue weighted by Crippen LogP contribution is 2.37. The van der Waals surface area contributed by atoms with E-state index in [0.29, 0.717) is 16.3 Å². The Hall–Kier alpha value is -1.83. The van der Waals surface area contributed by atoms with Crippen LogP contribution in [-0.4, -0.2) is 42.7 Å². The number of nitrogens with zero attached hydrogens (tertiary/aromatic N) is 1. The number of fused-ring (bicyclic) bond motifs is 1. The van der Waals surface area contributed by atoms with Crippen LogP contribution in [0.5, 0.6) is 0 Å². The van der Waals surface area contributed by atoms with Crippen LogP contribution in [0, 0.1) is 6.92 Å². The van der Waals surface area contributed by atoms with Gasteiger partial charge in [0.25, 0.3) is 0 Å². The van der Waals surface area contributed by atoms with Crippen molar-refractivity contribution >= 4 is 40.0 Å². The fourth-order valence-electron chi connectivity index (χ4n) is 3.08. The first kappa shape index (κ1) is 19.9. The van der Waals surface area contributed by atoms with Gasteiger partial charge in [-0.15, -0.1) is 23.1 Å². The molecule has 3 rings (SSSR count). The number of thioether (sulfide) groups is 1. The van der Waals surface area contributed by atoms with Crippen LogP contribution >= 0.6 is 23.1 Å². The number of likely N-dealkylation sites (N-methyl/N-ethyl adjacent to an activating group) is 1. The molecule has 0 spiro atoms. The molecule has 2 aromatic rings. The zero-order valence-corrected chi connectivity index (χ0v) is 17.5. The number of aryl methyl sites for hydroxylation is 1. The minimum absolute atomic E-state index is 0.114. The van der Waals surface area contributed by atoms with Gasteiger partial charge in [-0.2, -0.15) is 0 Å². The number of thiophene rings is 1. The van der Waals surface area contributed by atoms with Crippen LogP contribution < -0.4 is 5.32 Å². The lowest BCUT2D eigenvalue weighted by Crippen LogP contribution is -2.30. The molecule has 2 heterocycles. The van der Waals surface area contributed by atoms with Crippen molar-refractivity contribution in [1.29, 1.82) is 0 Å². The van der Waals surface area contributed by atoms with Gasteiger partial charge in [0.05, 0.1) is 18.4 Å². The third-order valence-electron chi connectivity index (χ3n) is 4.62. The molecule has 1 aromatic carbocycles. The smallest absolute Gasteiger partial charge is 0.341 e. The molecular formula is C20H24N2O3S2. The molecule has 1 aliphatic heterocycles. The average molecular weight is 405 g/mol. The first-order valence-corrected chi connectivity index (χ1v) is 10.8. The van der Waals surface area contributed by atoms with Crippen molar-refractivity contribution in [2.75, 3.05) is 31.3 Å². The van der Waals surface area contributed by atoms with E-state index in [1.165, 1.54) is 35.8 Å². The quantitative estimate of drug-likeness (QED) is 0.583. The molecule has 0 aliphatic carbocycles. The molecular weight excluding hydrogens is 380 g/mol. The standard InChI is InChI=1S/C20H24N2O3S2/c1-4-22-10-9-15-16(11-22)27-19(18(15)20(24)25-3)21-17(23)12-26-14-7-5-13(2)6-8-14/h5-8H,4,9-12H2,1-3H3,(H,21,23). The van der Waals surface area contributed by atoms with E-state index in [9.17, 15) is 9.59 Å². The predicted molar refractivity (Wildman–Crippen MR) is 111 cm³/mol. The van der Waals surface area contributed by atoms with Crippen LogP contribution in [0.3, 0.4) is 0 Å². The molecule has 0 unspecified atom stereocenters. The van der Waals surface area contributed by atoms with Gasteiger partial charge in [0, 0.05) is 22.9 Å². The Kier molecular flexibility index (Phi) is 6.57. The van der Waals surface area contributed by atoms with Gasteiger partial charge in [0.15, 0.2) is 0 Å².